The van der Waals surface area contributed by atoms with Crippen LogP contribution in [0.1, 0.15) is 24.9 Å². The molecule has 2 aliphatic rings. The van der Waals surface area contributed by atoms with Crippen molar-refractivity contribution in [2.45, 2.75) is 24.3 Å². The molecule has 2 aliphatic heterocycles. The number of ether oxygens (including phenoxy) is 2. The van der Waals surface area contributed by atoms with Crippen LogP contribution in [0, 0.1) is 0 Å². The number of fused-ring (bicyclic) bond motifs is 1. The first-order valence-electron chi connectivity index (χ1n) is 9.74. The molecule has 6 nitrogen and oxygen atoms in total. The Kier molecular flexibility index (Phi) is 5.57. The Morgan fingerprint density at radius 1 is 0.893 bits per heavy atom. The minimum absolute atomic E-state index is 0.265. The predicted molar refractivity (Wildman–Crippen MR) is 107 cm³/mol. The van der Waals surface area contributed by atoms with Gasteiger partial charge in [-0.25, -0.2) is 8.42 Å². The summed E-state index contributed by atoms with van der Waals surface area (Å²) in [7, 11) is -3.55. The Hall–Kier alpha value is -2.09. The summed E-state index contributed by atoms with van der Waals surface area (Å²) in [4.78, 5) is 2.59. The molecule has 4 rings (SSSR count). The third-order valence-corrected chi connectivity index (χ3v) is 7.35. The van der Waals surface area contributed by atoms with Crippen LogP contribution in [-0.4, -0.2) is 57.0 Å². The Morgan fingerprint density at radius 3 is 2.29 bits per heavy atom. The van der Waals surface area contributed by atoms with Gasteiger partial charge in [-0.3, -0.25) is 4.90 Å². The molecule has 0 aliphatic carbocycles. The molecule has 0 N–H and O–H groups in total. The maximum atomic E-state index is 13.1. The smallest absolute Gasteiger partial charge is 0.243 e. The number of sulfonamides is 1. The lowest BCUT2D eigenvalue weighted by molar-refractivity contribution is 0.146. The van der Waals surface area contributed by atoms with E-state index in [1.165, 1.54) is 5.56 Å². The van der Waals surface area contributed by atoms with Crippen LogP contribution in [0.15, 0.2) is 53.4 Å². The molecule has 28 heavy (non-hydrogen) atoms. The topological polar surface area (TPSA) is 59.1 Å². The first-order valence-corrected chi connectivity index (χ1v) is 11.2. The van der Waals surface area contributed by atoms with E-state index in [2.05, 4.69) is 24.0 Å². The van der Waals surface area contributed by atoms with Gasteiger partial charge in [-0.05, 0) is 24.6 Å². The van der Waals surface area contributed by atoms with Gasteiger partial charge in [0, 0.05) is 44.7 Å². The van der Waals surface area contributed by atoms with Gasteiger partial charge in [0.15, 0.2) is 11.5 Å². The van der Waals surface area contributed by atoms with Gasteiger partial charge in [-0.2, -0.15) is 4.31 Å². The summed E-state index contributed by atoms with van der Waals surface area (Å²) in [6.07, 6.45) is 0.790. The van der Waals surface area contributed by atoms with E-state index < -0.39 is 10.0 Å². The molecule has 2 heterocycles. The second-order valence-corrected chi connectivity index (χ2v) is 9.12. The molecule has 150 valence electrons. The summed E-state index contributed by atoms with van der Waals surface area (Å²) in [5.41, 5.74) is 1.25. The molecule has 0 unspecified atom stereocenters. The average Bonchev–Trinajstić information content (AvgIpc) is 2.99. The highest BCUT2D eigenvalue weighted by Crippen LogP contribution is 2.33. The number of rotatable bonds is 4. The molecule has 1 fully saturated rings. The molecule has 7 heteroatoms. The number of nitrogens with zero attached hydrogens (tertiary/aromatic N) is 2. The summed E-state index contributed by atoms with van der Waals surface area (Å²) in [6, 6.07) is 15.5. The van der Waals surface area contributed by atoms with E-state index in [-0.39, 0.29) is 10.9 Å². The lowest BCUT2D eigenvalue weighted by atomic mass is 10.1. The fourth-order valence-corrected chi connectivity index (χ4v) is 5.16. The molecule has 0 amide bonds. The highest BCUT2D eigenvalue weighted by atomic mass is 32.2. The second-order valence-electron chi connectivity index (χ2n) is 7.19. The maximum Gasteiger partial charge on any atom is 0.243 e. The van der Waals surface area contributed by atoms with Gasteiger partial charge < -0.3 is 9.47 Å². The van der Waals surface area contributed by atoms with E-state index >= 15 is 0 Å². The van der Waals surface area contributed by atoms with E-state index in [0.717, 1.165) is 6.42 Å². The van der Waals surface area contributed by atoms with E-state index in [4.69, 9.17) is 9.47 Å². The molecule has 0 spiro atoms. The predicted octanol–water partition coefficient (Wildman–Crippen LogP) is 2.92. The van der Waals surface area contributed by atoms with Gasteiger partial charge in [0.2, 0.25) is 10.0 Å². The molecular weight excluding hydrogens is 376 g/mol. The van der Waals surface area contributed by atoms with Crippen molar-refractivity contribution < 1.29 is 17.9 Å². The molecule has 0 saturated carbocycles. The highest BCUT2D eigenvalue weighted by Gasteiger charge is 2.31. The van der Waals surface area contributed by atoms with Gasteiger partial charge in [0.25, 0.3) is 0 Å². The fraction of sp³-hybridized carbons (Fsp3) is 0.429. The monoisotopic (exact) mass is 402 g/mol. The summed E-state index contributed by atoms with van der Waals surface area (Å²) in [5, 5.41) is 0. The van der Waals surface area contributed by atoms with E-state index in [9.17, 15) is 8.42 Å². The molecule has 1 atom stereocenters. The van der Waals surface area contributed by atoms with Gasteiger partial charge in [0.05, 0.1) is 18.1 Å². The summed E-state index contributed by atoms with van der Waals surface area (Å²) in [6.45, 7) is 5.66. The first kappa shape index (κ1) is 19.2. The molecule has 2 aromatic carbocycles. The Morgan fingerprint density at radius 2 is 1.57 bits per heavy atom. The lowest BCUT2D eigenvalue weighted by Gasteiger charge is -2.37. The first-order chi connectivity index (χ1) is 13.6. The van der Waals surface area contributed by atoms with E-state index in [1.807, 2.05) is 18.2 Å². The van der Waals surface area contributed by atoms with Crippen molar-refractivity contribution in [2.24, 2.45) is 0 Å². The SMILES string of the molecule is C[C@@H](c1ccccc1)N1CCN(S(=O)(=O)c2ccc3c(c2)OCCCO3)CC1. The average molecular weight is 403 g/mol. The van der Waals surface area contributed by atoms with Crippen LogP contribution in [0.4, 0.5) is 0 Å². The third kappa shape index (κ3) is 3.87. The van der Waals surface area contributed by atoms with Gasteiger partial charge in [0.1, 0.15) is 0 Å². The normalized spacial score (nSPS) is 19.8. The van der Waals surface area contributed by atoms with Crippen LogP contribution in [0.5, 0.6) is 11.5 Å². The van der Waals surface area contributed by atoms with Crippen molar-refractivity contribution >= 4 is 10.0 Å². The van der Waals surface area contributed by atoms with Crippen LogP contribution in [0.25, 0.3) is 0 Å². The minimum atomic E-state index is -3.55. The van der Waals surface area contributed by atoms with E-state index in [0.29, 0.717) is 50.9 Å². The zero-order valence-corrected chi connectivity index (χ0v) is 16.9. The van der Waals surface area contributed by atoms with E-state index in [1.54, 1.807) is 22.5 Å². The van der Waals surface area contributed by atoms with Crippen LogP contribution in [-0.2, 0) is 10.0 Å². The largest absolute Gasteiger partial charge is 0.490 e. The summed E-state index contributed by atoms with van der Waals surface area (Å²) in [5.74, 6) is 1.12. The van der Waals surface area contributed by atoms with Crippen LogP contribution < -0.4 is 9.47 Å². The number of hydrogen-bond donors (Lipinski definition) is 0. The highest BCUT2D eigenvalue weighted by molar-refractivity contribution is 7.89. The Labute approximate surface area is 166 Å². The van der Waals surface area contributed by atoms with Gasteiger partial charge >= 0.3 is 0 Å². The molecule has 1 saturated heterocycles. The lowest BCUT2D eigenvalue weighted by Crippen LogP contribution is -2.49. The van der Waals surface area contributed by atoms with Crippen molar-refractivity contribution in [3.05, 3.63) is 54.1 Å². The van der Waals surface area contributed by atoms with Crippen LogP contribution >= 0.6 is 0 Å². The zero-order valence-electron chi connectivity index (χ0n) is 16.1. The van der Waals surface area contributed by atoms with Gasteiger partial charge in [-0.1, -0.05) is 30.3 Å². The Balaban J connectivity index is 1.46. The zero-order chi connectivity index (χ0) is 19.6. The quantitative estimate of drug-likeness (QED) is 0.787. The molecule has 0 radical (unpaired) electrons. The number of hydrogen-bond acceptors (Lipinski definition) is 5. The molecule has 2 aromatic rings. The molecular formula is C21H26N2O4S. The van der Waals surface area contributed by atoms with Crippen molar-refractivity contribution in [3.63, 3.8) is 0 Å². The van der Waals surface area contributed by atoms with Crippen molar-refractivity contribution in [1.82, 2.24) is 9.21 Å². The molecule has 0 aromatic heterocycles. The second kappa shape index (κ2) is 8.11. The number of piperazine rings is 1. The van der Waals surface area contributed by atoms with Crippen molar-refractivity contribution in [1.29, 1.82) is 0 Å². The molecule has 0 bridgehead atoms. The van der Waals surface area contributed by atoms with Crippen molar-refractivity contribution in [2.75, 3.05) is 39.4 Å². The van der Waals surface area contributed by atoms with Crippen LogP contribution in [0.2, 0.25) is 0 Å². The van der Waals surface area contributed by atoms with Crippen molar-refractivity contribution in [3.8, 4) is 11.5 Å². The minimum Gasteiger partial charge on any atom is -0.490 e. The van der Waals surface area contributed by atoms with Crippen LogP contribution in [0.3, 0.4) is 0 Å². The Bertz CT molecular complexity index is 909. The standard InChI is InChI=1S/C21H26N2O4S/c1-17(18-6-3-2-4-7-18)22-10-12-23(13-11-22)28(24,25)19-8-9-20-21(16-19)27-15-5-14-26-20/h2-4,6-9,16-17H,5,10-15H2,1H3/t17-/m0/s1. The summed E-state index contributed by atoms with van der Waals surface area (Å²) >= 11 is 0. The fourth-order valence-electron chi connectivity index (χ4n) is 3.73. The maximum absolute atomic E-state index is 13.1. The van der Waals surface area contributed by atoms with Gasteiger partial charge in [-0.15, -0.1) is 0 Å². The number of benzene rings is 2. The summed E-state index contributed by atoms with van der Waals surface area (Å²) < 4.78 is 39.1. The third-order valence-electron chi connectivity index (χ3n) is 5.46.